The van der Waals surface area contributed by atoms with Gasteiger partial charge in [0.25, 0.3) is 5.91 Å². The lowest BCUT2D eigenvalue weighted by molar-refractivity contribution is -0.0957. The molecule has 1 amide bonds. The van der Waals surface area contributed by atoms with Gasteiger partial charge in [-0.3, -0.25) is 4.79 Å². The maximum atomic E-state index is 13.8. The smallest absolute Gasteiger partial charge is 0.334 e. The fourth-order valence-corrected chi connectivity index (χ4v) is 2.32. The van der Waals surface area contributed by atoms with Crippen molar-refractivity contribution >= 4 is 21.8 Å². The molecule has 1 aliphatic heterocycles. The van der Waals surface area contributed by atoms with Gasteiger partial charge < -0.3 is 4.90 Å². The SMILES string of the molecule is O=C(c1cccc(Br)c1F)N1CC=C(C(F)(F)F)CC1. The molecule has 0 spiro atoms. The maximum Gasteiger partial charge on any atom is 0.412 e. The third-order valence-electron chi connectivity index (χ3n) is 3.04. The van der Waals surface area contributed by atoms with Gasteiger partial charge in [0.05, 0.1) is 10.0 Å². The second-order valence-corrected chi connectivity index (χ2v) is 5.18. The summed E-state index contributed by atoms with van der Waals surface area (Å²) in [4.78, 5) is 13.3. The number of alkyl halides is 3. The average Bonchev–Trinajstić information content (AvgIpc) is 2.40. The monoisotopic (exact) mass is 351 g/mol. The summed E-state index contributed by atoms with van der Waals surface area (Å²) in [5, 5.41) is 0. The van der Waals surface area contributed by atoms with Gasteiger partial charge in [0, 0.05) is 18.7 Å². The van der Waals surface area contributed by atoms with Gasteiger partial charge in [-0.15, -0.1) is 0 Å². The van der Waals surface area contributed by atoms with E-state index in [2.05, 4.69) is 15.9 Å². The van der Waals surface area contributed by atoms with Crippen LogP contribution in [0.1, 0.15) is 16.8 Å². The summed E-state index contributed by atoms with van der Waals surface area (Å²) in [7, 11) is 0. The lowest BCUT2D eigenvalue weighted by atomic mass is 10.1. The molecule has 2 nitrogen and oxygen atoms in total. The molecule has 0 aromatic heterocycles. The van der Waals surface area contributed by atoms with Crippen molar-refractivity contribution in [2.75, 3.05) is 13.1 Å². The van der Waals surface area contributed by atoms with Crippen LogP contribution in [0.25, 0.3) is 0 Å². The lowest BCUT2D eigenvalue weighted by Crippen LogP contribution is -2.37. The molecule has 1 aromatic rings. The minimum absolute atomic E-state index is 0.0733. The Morgan fingerprint density at radius 1 is 1.30 bits per heavy atom. The quantitative estimate of drug-likeness (QED) is 0.554. The molecule has 0 bridgehead atoms. The van der Waals surface area contributed by atoms with Crippen molar-refractivity contribution in [3.63, 3.8) is 0 Å². The van der Waals surface area contributed by atoms with Crippen LogP contribution in [0.4, 0.5) is 17.6 Å². The Kier molecular flexibility index (Phi) is 4.17. The van der Waals surface area contributed by atoms with Crippen LogP contribution in [0.2, 0.25) is 0 Å². The van der Waals surface area contributed by atoms with Crippen molar-refractivity contribution in [1.82, 2.24) is 4.90 Å². The summed E-state index contributed by atoms with van der Waals surface area (Å²) in [6.45, 7) is -0.240. The number of carbonyl (C=O) groups is 1. The Bertz CT molecular complexity index is 568. The standard InChI is InChI=1S/C13H10BrF4NO/c14-10-3-1-2-9(11(10)15)12(20)19-6-4-8(5-7-19)13(16,17)18/h1-4H,5-7H2. The number of halogens is 5. The van der Waals surface area contributed by atoms with E-state index in [4.69, 9.17) is 0 Å². The molecule has 0 saturated carbocycles. The van der Waals surface area contributed by atoms with Gasteiger partial charge in [-0.1, -0.05) is 12.1 Å². The highest BCUT2D eigenvalue weighted by molar-refractivity contribution is 9.10. The normalized spacial score (nSPS) is 16.1. The molecule has 0 radical (unpaired) electrons. The second-order valence-electron chi connectivity index (χ2n) is 4.33. The van der Waals surface area contributed by atoms with Crippen molar-refractivity contribution in [1.29, 1.82) is 0 Å². The fourth-order valence-electron chi connectivity index (χ4n) is 1.95. The molecule has 0 unspecified atom stereocenters. The van der Waals surface area contributed by atoms with Gasteiger partial charge in [-0.2, -0.15) is 13.2 Å². The first-order valence-electron chi connectivity index (χ1n) is 5.80. The molecule has 2 rings (SSSR count). The largest absolute Gasteiger partial charge is 0.412 e. The minimum Gasteiger partial charge on any atom is -0.334 e. The van der Waals surface area contributed by atoms with Crippen LogP contribution in [0, 0.1) is 5.82 Å². The molecule has 0 saturated heterocycles. The van der Waals surface area contributed by atoms with E-state index in [0.717, 1.165) is 6.08 Å². The van der Waals surface area contributed by atoms with Crippen molar-refractivity contribution in [2.45, 2.75) is 12.6 Å². The first-order valence-corrected chi connectivity index (χ1v) is 6.59. The molecule has 0 atom stereocenters. The zero-order valence-corrected chi connectivity index (χ0v) is 11.8. The number of carbonyl (C=O) groups excluding carboxylic acids is 1. The van der Waals surface area contributed by atoms with Crippen molar-refractivity contribution in [3.05, 3.63) is 45.7 Å². The van der Waals surface area contributed by atoms with Gasteiger partial charge in [0.15, 0.2) is 0 Å². The molecule has 1 aromatic carbocycles. The van der Waals surface area contributed by atoms with Crippen LogP contribution in [-0.2, 0) is 0 Å². The molecule has 20 heavy (non-hydrogen) atoms. The molecule has 7 heteroatoms. The van der Waals surface area contributed by atoms with Crippen LogP contribution >= 0.6 is 15.9 Å². The van der Waals surface area contributed by atoms with Crippen LogP contribution in [-0.4, -0.2) is 30.1 Å². The zero-order chi connectivity index (χ0) is 14.9. The predicted molar refractivity (Wildman–Crippen MR) is 68.8 cm³/mol. The van der Waals surface area contributed by atoms with Gasteiger partial charge in [0.2, 0.25) is 0 Å². The van der Waals surface area contributed by atoms with Crippen molar-refractivity contribution in [3.8, 4) is 0 Å². The van der Waals surface area contributed by atoms with Crippen LogP contribution in [0.5, 0.6) is 0 Å². The Balaban J connectivity index is 2.17. The van der Waals surface area contributed by atoms with Crippen LogP contribution in [0.15, 0.2) is 34.3 Å². The molecule has 1 aliphatic rings. The van der Waals surface area contributed by atoms with E-state index in [1.165, 1.54) is 23.1 Å². The van der Waals surface area contributed by atoms with Gasteiger partial charge in [0.1, 0.15) is 5.82 Å². The van der Waals surface area contributed by atoms with Crippen molar-refractivity contribution < 1.29 is 22.4 Å². The van der Waals surface area contributed by atoms with E-state index in [9.17, 15) is 22.4 Å². The fraction of sp³-hybridized carbons (Fsp3) is 0.308. The Hall–Kier alpha value is -1.37. The number of benzene rings is 1. The van der Waals surface area contributed by atoms with Gasteiger partial charge >= 0.3 is 6.18 Å². The van der Waals surface area contributed by atoms with Crippen LogP contribution < -0.4 is 0 Å². The summed E-state index contributed by atoms with van der Waals surface area (Å²) in [6.07, 6.45) is -3.67. The number of hydrogen-bond acceptors (Lipinski definition) is 1. The number of hydrogen-bond donors (Lipinski definition) is 0. The van der Waals surface area contributed by atoms with E-state index in [-0.39, 0.29) is 29.5 Å². The number of amides is 1. The lowest BCUT2D eigenvalue weighted by Gasteiger charge is -2.27. The topological polar surface area (TPSA) is 20.3 Å². The highest BCUT2D eigenvalue weighted by Gasteiger charge is 2.35. The summed E-state index contributed by atoms with van der Waals surface area (Å²) in [5.74, 6) is -1.32. The predicted octanol–water partition coefficient (Wildman–Crippen LogP) is 3.92. The molecule has 1 heterocycles. The molecule has 0 aliphatic carbocycles. The van der Waals surface area contributed by atoms with Gasteiger partial charge in [-0.25, -0.2) is 4.39 Å². The average molecular weight is 352 g/mol. The first kappa shape index (κ1) is 15.0. The maximum absolute atomic E-state index is 13.8. The highest BCUT2D eigenvalue weighted by Crippen LogP contribution is 2.30. The first-order chi connectivity index (χ1) is 9.30. The molecule has 0 N–H and O–H groups in total. The summed E-state index contributed by atoms with van der Waals surface area (Å²) in [6, 6.07) is 4.26. The number of nitrogens with zero attached hydrogens (tertiary/aromatic N) is 1. The van der Waals surface area contributed by atoms with Gasteiger partial charge in [-0.05, 0) is 34.5 Å². The Labute approximate surface area is 121 Å². The summed E-state index contributed by atoms with van der Waals surface area (Å²) >= 11 is 2.97. The van der Waals surface area contributed by atoms with E-state index in [1.807, 2.05) is 0 Å². The molecular formula is C13H10BrF4NO. The summed E-state index contributed by atoms with van der Waals surface area (Å²) < 4.78 is 51.3. The second kappa shape index (κ2) is 5.55. The van der Waals surface area contributed by atoms with E-state index < -0.39 is 23.5 Å². The highest BCUT2D eigenvalue weighted by atomic mass is 79.9. The third kappa shape index (κ3) is 3.03. The van der Waals surface area contributed by atoms with E-state index in [1.54, 1.807) is 0 Å². The Morgan fingerprint density at radius 2 is 2.00 bits per heavy atom. The minimum atomic E-state index is -4.36. The molecule has 108 valence electrons. The summed E-state index contributed by atoms with van der Waals surface area (Å²) in [5.41, 5.74) is -0.792. The Morgan fingerprint density at radius 3 is 2.55 bits per heavy atom. The zero-order valence-electron chi connectivity index (χ0n) is 10.2. The van der Waals surface area contributed by atoms with E-state index >= 15 is 0 Å². The number of rotatable bonds is 1. The third-order valence-corrected chi connectivity index (χ3v) is 3.65. The molecular weight excluding hydrogens is 342 g/mol. The molecule has 0 fully saturated rings. The van der Waals surface area contributed by atoms with Crippen LogP contribution in [0.3, 0.4) is 0 Å². The van der Waals surface area contributed by atoms with E-state index in [0.29, 0.717) is 0 Å². The van der Waals surface area contributed by atoms with Crippen molar-refractivity contribution in [2.24, 2.45) is 0 Å².